The lowest BCUT2D eigenvalue weighted by atomic mass is 10.1. The molecule has 0 aliphatic heterocycles. The van der Waals surface area contributed by atoms with Crippen molar-refractivity contribution in [3.63, 3.8) is 0 Å². The number of nitriles is 1. The summed E-state index contributed by atoms with van der Waals surface area (Å²) in [5.41, 5.74) is 0.870. The highest BCUT2D eigenvalue weighted by molar-refractivity contribution is 5.96. The van der Waals surface area contributed by atoms with Crippen molar-refractivity contribution >= 4 is 12.2 Å². The van der Waals surface area contributed by atoms with Crippen LogP contribution in [-0.4, -0.2) is 19.2 Å². The Balaban J connectivity index is 3.22. The first-order valence-electron chi connectivity index (χ1n) is 3.94. The molecule has 0 heterocycles. The number of nitrogens with zero attached hydrogens (tertiary/aromatic N) is 1. The van der Waals surface area contributed by atoms with Crippen molar-refractivity contribution in [1.82, 2.24) is 5.32 Å². The van der Waals surface area contributed by atoms with Crippen LogP contribution in [0.25, 0.3) is 0 Å². The van der Waals surface area contributed by atoms with Gasteiger partial charge in [-0.2, -0.15) is 5.26 Å². The fraction of sp³-hybridized carbons (Fsp3) is 0.100. The van der Waals surface area contributed by atoms with Gasteiger partial charge in [-0.3, -0.25) is 9.59 Å². The monoisotopic (exact) mass is 188 g/mol. The molecule has 0 spiro atoms. The van der Waals surface area contributed by atoms with Crippen molar-refractivity contribution in [3.8, 4) is 6.07 Å². The number of amides is 1. The van der Waals surface area contributed by atoms with Crippen LogP contribution in [0.5, 0.6) is 0 Å². The molecular weight excluding hydrogens is 180 g/mol. The third kappa shape index (κ3) is 1.77. The summed E-state index contributed by atoms with van der Waals surface area (Å²) in [6.45, 7) is 0. The predicted molar refractivity (Wildman–Crippen MR) is 49.9 cm³/mol. The van der Waals surface area contributed by atoms with Crippen LogP contribution in [0.2, 0.25) is 0 Å². The molecule has 1 aromatic carbocycles. The quantitative estimate of drug-likeness (QED) is 0.695. The van der Waals surface area contributed by atoms with E-state index in [1.807, 2.05) is 6.07 Å². The van der Waals surface area contributed by atoms with Crippen LogP contribution in [0.1, 0.15) is 26.3 Å². The SMILES string of the molecule is CNC(=O)c1ccc(C#N)c(C=O)c1. The molecule has 4 nitrogen and oxygen atoms in total. The van der Waals surface area contributed by atoms with E-state index < -0.39 is 0 Å². The molecule has 1 rings (SSSR count). The van der Waals surface area contributed by atoms with Gasteiger partial charge in [-0.15, -0.1) is 0 Å². The van der Waals surface area contributed by atoms with E-state index in [9.17, 15) is 9.59 Å². The number of benzene rings is 1. The minimum Gasteiger partial charge on any atom is -0.355 e. The number of carbonyl (C=O) groups is 2. The van der Waals surface area contributed by atoms with Gasteiger partial charge in [0.25, 0.3) is 5.91 Å². The second kappa shape index (κ2) is 4.19. The van der Waals surface area contributed by atoms with E-state index >= 15 is 0 Å². The first kappa shape index (κ1) is 9.93. The molecule has 0 aromatic heterocycles. The van der Waals surface area contributed by atoms with Gasteiger partial charge in [-0.25, -0.2) is 0 Å². The molecule has 0 fully saturated rings. The van der Waals surface area contributed by atoms with Gasteiger partial charge in [-0.1, -0.05) is 0 Å². The standard InChI is InChI=1S/C10H8N2O2/c1-12-10(14)7-2-3-8(5-11)9(4-7)6-13/h2-4,6H,1H3,(H,12,14). The molecule has 1 aromatic rings. The van der Waals surface area contributed by atoms with Crippen LogP contribution < -0.4 is 5.32 Å². The number of rotatable bonds is 2. The van der Waals surface area contributed by atoms with E-state index in [0.717, 1.165) is 0 Å². The molecule has 1 N–H and O–H groups in total. The first-order valence-corrected chi connectivity index (χ1v) is 3.94. The Bertz CT molecular complexity index is 419. The van der Waals surface area contributed by atoms with Gasteiger partial charge in [0.15, 0.2) is 6.29 Å². The molecule has 0 aliphatic rings. The fourth-order valence-electron chi connectivity index (χ4n) is 1.05. The van der Waals surface area contributed by atoms with Crippen LogP contribution in [0.4, 0.5) is 0 Å². The first-order chi connectivity index (χ1) is 6.72. The van der Waals surface area contributed by atoms with Crippen LogP contribution in [0, 0.1) is 11.3 Å². The molecule has 0 radical (unpaired) electrons. The average Bonchev–Trinajstić information content (AvgIpc) is 2.26. The fourth-order valence-corrected chi connectivity index (χ4v) is 1.05. The van der Waals surface area contributed by atoms with E-state index in [4.69, 9.17) is 5.26 Å². The third-order valence-electron chi connectivity index (χ3n) is 1.79. The molecule has 4 heteroatoms. The Kier molecular flexibility index (Phi) is 2.97. The summed E-state index contributed by atoms with van der Waals surface area (Å²) in [6.07, 6.45) is 0.561. The van der Waals surface area contributed by atoms with Gasteiger partial charge in [-0.05, 0) is 18.2 Å². The summed E-state index contributed by atoms with van der Waals surface area (Å²) in [4.78, 5) is 21.7. The number of hydrogen-bond donors (Lipinski definition) is 1. The molecule has 1 amide bonds. The van der Waals surface area contributed by atoms with Crippen molar-refractivity contribution in [2.75, 3.05) is 7.05 Å². The second-order valence-corrected chi connectivity index (χ2v) is 2.61. The summed E-state index contributed by atoms with van der Waals surface area (Å²) in [5, 5.41) is 11.1. The molecule has 0 saturated carbocycles. The Morgan fingerprint density at radius 3 is 2.79 bits per heavy atom. The van der Waals surface area contributed by atoms with Crippen LogP contribution in [0.15, 0.2) is 18.2 Å². The summed E-state index contributed by atoms with van der Waals surface area (Å²) in [6, 6.07) is 6.22. The van der Waals surface area contributed by atoms with E-state index in [1.54, 1.807) is 0 Å². The van der Waals surface area contributed by atoms with Crippen molar-refractivity contribution in [3.05, 3.63) is 34.9 Å². The molecule has 14 heavy (non-hydrogen) atoms. The zero-order valence-corrected chi connectivity index (χ0v) is 7.57. The molecule has 0 saturated heterocycles. The smallest absolute Gasteiger partial charge is 0.251 e. The Hall–Kier alpha value is -2.15. The highest BCUT2D eigenvalue weighted by Crippen LogP contribution is 2.09. The summed E-state index contributed by atoms with van der Waals surface area (Å²) >= 11 is 0. The van der Waals surface area contributed by atoms with Crippen molar-refractivity contribution < 1.29 is 9.59 Å². The van der Waals surface area contributed by atoms with Crippen LogP contribution in [0.3, 0.4) is 0 Å². The Labute approximate surface area is 81.2 Å². The minimum absolute atomic E-state index is 0.230. The largest absolute Gasteiger partial charge is 0.355 e. The molecular formula is C10H8N2O2. The lowest BCUT2D eigenvalue weighted by molar-refractivity contribution is 0.0963. The summed E-state index contributed by atoms with van der Waals surface area (Å²) in [5.74, 6) is -0.280. The molecule has 0 aliphatic carbocycles. The molecule has 0 atom stereocenters. The highest BCUT2D eigenvalue weighted by Gasteiger charge is 2.07. The number of aldehydes is 1. The van der Waals surface area contributed by atoms with Gasteiger partial charge in [0, 0.05) is 18.2 Å². The number of hydrogen-bond acceptors (Lipinski definition) is 3. The number of nitrogens with one attached hydrogen (secondary N) is 1. The third-order valence-corrected chi connectivity index (χ3v) is 1.79. The van der Waals surface area contributed by atoms with Gasteiger partial charge in [0.1, 0.15) is 0 Å². The van der Waals surface area contributed by atoms with Crippen LogP contribution in [-0.2, 0) is 0 Å². The van der Waals surface area contributed by atoms with Crippen molar-refractivity contribution in [2.24, 2.45) is 0 Å². The maximum absolute atomic E-state index is 11.2. The zero-order chi connectivity index (χ0) is 10.6. The maximum Gasteiger partial charge on any atom is 0.251 e. The van der Waals surface area contributed by atoms with E-state index in [1.165, 1.54) is 25.2 Å². The lowest BCUT2D eigenvalue weighted by Crippen LogP contribution is -2.18. The minimum atomic E-state index is -0.280. The highest BCUT2D eigenvalue weighted by atomic mass is 16.1. The zero-order valence-electron chi connectivity index (χ0n) is 7.57. The maximum atomic E-state index is 11.2. The van der Waals surface area contributed by atoms with E-state index in [0.29, 0.717) is 11.8 Å². The van der Waals surface area contributed by atoms with Gasteiger partial charge in [0.2, 0.25) is 0 Å². The Morgan fingerprint density at radius 1 is 1.57 bits per heavy atom. The predicted octanol–water partition coefficient (Wildman–Crippen LogP) is 0.730. The Morgan fingerprint density at radius 2 is 2.29 bits per heavy atom. The lowest BCUT2D eigenvalue weighted by Gasteiger charge is -2.01. The van der Waals surface area contributed by atoms with Crippen molar-refractivity contribution in [2.45, 2.75) is 0 Å². The van der Waals surface area contributed by atoms with E-state index in [-0.39, 0.29) is 17.0 Å². The van der Waals surface area contributed by atoms with Gasteiger partial charge in [0.05, 0.1) is 11.6 Å². The summed E-state index contributed by atoms with van der Waals surface area (Å²) in [7, 11) is 1.50. The summed E-state index contributed by atoms with van der Waals surface area (Å²) < 4.78 is 0. The molecule has 70 valence electrons. The van der Waals surface area contributed by atoms with Crippen LogP contribution >= 0.6 is 0 Å². The van der Waals surface area contributed by atoms with Gasteiger partial charge >= 0.3 is 0 Å². The molecule has 0 bridgehead atoms. The normalized spacial score (nSPS) is 8.86. The second-order valence-electron chi connectivity index (χ2n) is 2.61. The topological polar surface area (TPSA) is 70.0 Å². The number of carbonyl (C=O) groups excluding carboxylic acids is 2. The average molecular weight is 188 g/mol. The molecule has 0 unspecified atom stereocenters. The van der Waals surface area contributed by atoms with Crippen molar-refractivity contribution in [1.29, 1.82) is 5.26 Å². The van der Waals surface area contributed by atoms with E-state index in [2.05, 4.69) is 5.32 Å². The van der Waals surface area contributed by atoms with Gasteiger partial charge < -0.3 is 5.32 Å².